The van der Waals surface area contributed by atoms with E-state index in [0.717, 1.165) is 29.7 Å². The van der Waals surface area contributed by atoms with Crippen LogP contribution in [0, 0.1) is 0 Å². The number of aryl methyl sites for hydroxylation is 1. The lowest BCUT2D eigenvalue weighted by Crippen LogP contribution is -2.25. The summed E-state index contributed by atoms with van der Waals surface area (Å²) < 4.78 is 5.53. The van der Waals surface area contributed by atoms with E-state index in [4.69, 9.17) is 4.42 Å². The molecule has 4 rings (SSSR count). The van der Waals surface area contributed by atoms with Gasteiger partial charge in [0.25, 0.3) is 5.91 Å². The molecular formula is C20H17N3O3. The smallest absolute Gasteiger partial charge is 0.287 e. The summed E-state index contributed by atoms with van der Waals surface area (Å²) in [5, 5.41) is 3.25. The minimum atomic E-state index is -0.391. The van der Waals surface area contributed by atoms with Crippen LogP contribution in [0.2, 0.25) is 0 Å². The Balaban J connectivity index is 1.37. The van der Waals surface area contributed by atoms with Crippen LogP contribution in [0.5, 0.6) is 0 Å². The van der Waals surface area contributed by atoms with E-state index in [0.29, 0.717) is 17.5 Å². The lowest BCUT2D eigenvalue weighted by Gasteiger charge is -2.05. The number of fused-ring (bicyclic) bond motifs is 2. The fourth-order valence-electron chi connectivity index (χ4n) is 2.88. The zero-order valence-electron chi connectivity index (χ0n) is 14.0. The molecule has 26 heavy (non-hydrogen) atoms. The van der Waals surface area contributed by atoms with Gasteiger partial charge in [0, 0.05) is 19.0 Å². The number of carbonyl (C=O) groups excluding carboxylic acids is 1. The minimum Gasteiger partial charge on any atom is -0.451 e. The molecule has 0 fully saturated rings. The topological polar surface area (TPSA) is 88.0 Å². The number of para-hydroxylation sites is 3. The number of carbonyl (C=O) groups is 1. The van der Waals surface area contributed by atoms with Crippen molar-refractivity contribution in [3.63, 3.8) is 0 Å². The number of hydrogen-bond acceptors (Lipinski definition) is 4. The first-order valence-corrected chi connectivity index (χ1v) is 8.45. The third-order valence-electron chi connectivity index (χ3n) is 4.17. The quantitative estimate of drug-likeness (QED) is 0.543. The van der Waals surface area contributed by atoms with E-state index >= 15 is 0 Å². The second kappa shape index (κ2) is 6.84. The molecule has 2 heterocycles. The monoisotopic (exact) mass is 347 g/mol. The Bertz CT molecular complexity index is 1110. The van der Waals surface area contributed by atoms with Crippen molar-refractivity contribution in [3.05, 3.63) is 76.4 Å². The van der Waals surface area contributed by atoms with Gasteiger partial charge in [0.05, 0.1) is 16.4 Å². The Morgan fingerprint density at radius 3 is 2.81 bits per heavy atom. The summed E-state index contributed by atoms with van der Waals surface area (Å²) in [5.41, 5.74) is 2.13. The molecule has 0 aliphatic carbocycles. The van der Waals surface area contributed by atoms with Crippen LogP contribution in [0.4, 0.5) is 0 Å². The Morgan fingerprint density at radius 2 is 1.92 bits per heavy atom. The molecule has 2 aromatic heterocycles. The van der Waals surface area contributed by atoms with Crippen LogP contribution in [0.15, 0.2) is 63.8 Å². The molecule has 2 N–H and O–H groups in total. The molecule has 0 bridgehead atoms. The standard InChI is InChI=1S/C20H17N3O3/c24-16-12-18(26-17-9-4-1-6-13(16)17)20(25)21-11-5-10-19-22-14-7-2-3-8-15(14)23-19/h1-4,6-9,12H,5,10-11H2,(H,21,25)(H,22,23). The predicted octanol–water partition coefficient (Wildman–Crippen LogP) is 3.03. The maximum Gasteiger partial charge on any atom is 0.287 e. The van der Waals surface area contributed by atoms with Crippen molar-refractivity contribution in [2.24, 2.45) is 0 Å². The van der Waals surface area contributed by atoms with Crippen molar-refractivity contribution in [2.45, 2.75) is 12.8 Å². The highest BCUT2D eigenvalue weighted by Gasteiger charge is 2.11. The fraction of sp³-hybridized carbons (Fsp3) is 0.150. The van der Waals surface area contributed by atoms with Gasteiger partial charge in [-0.15, -0.1) is 0 Å². The molecule has 1 amide bonds. The maximum atomic E-state index is 12.2. The van der Waals surface area contributed by atoms with Gasteiger partial charge >= 0.3 is 0 Å². The summed E-state index contributed by atoms with van der Waals surface area (Å²) in [7, 11) is 0. The van der Waals surface area contributed by atoms with Crippen LogP contribution in [0.25, 0.3) is 22.0 Å². The molecule has 2 aromatic carbocycles. The third kappa shape index (κ3) is 3.21. The number of imidazole rings is 1. The summed E-state index contributed by atoms with van der Waals surface area (Å²) in [4.78, 5) is 32.0. The van der Waals surface area contributed by atoms with Crippen LogP contribution in [0.3, 0.4) is 0 Å². The minimum absolute atomic E-state index is 0.0254. The molecule has 0 unspecified atom stereocenters. The summed E-state index contributed by atoms with van der Waals surface area (Å²) in [6, 6.07) is 16.0. The number of aromatic amines is 1. The second-order valence-electron chi connectivity index (χ2n) is 6.03. The number of nitrogens with one attached hydrogen (secondary N) is 2. The van der Waals surface area contributed by atoms with Crippen molar-refractivity contribution < 1.29 is 9.21 Å². The van der Waals surface area contributed by atoms with Gasteiger partial charge in [-0.25, -0.2) is 4.98 Å². The lowest BCUT2D eigenvalue weighted by atomic mass is 10.2. The highest BCUT2D eigenvalue weighted by Crippen LogP contribution is 2.12. The molecule has 0 saturated carbocycles. The van der Waals surface area contributed by atoms with E-state index < -0.39 is 5.91 Å². The molecule has 0 aliphatic heterocycles. The Kier molecular flexibility index (Phi) is 4.23. The van der Waals surface area contributed by atoms with Crippen LogP contribution in [-0.2, 0) is 6.42 Å². The molecule has 130 valence electrons. The normalized spacial score (nSPS) is 11.1. The number of nitrogens with zero attached hydrogens (tertiary/aromatic N) is 1. The van der Waals surface area contributed by atoms with Crippen molar-refractivity contribution in [1.82, 2.24) is 15.3 Å². The van der Waals surface area contributed by atoms with Gasteiger partial charge in [-0.3, -0.25) is 9.59 Å². The Labute approximate surface area is 148 Å². The van der Waals surface area contributed by atoms with Crippen molar-refractivity contribution in [3.8, 4) is 0 Å². The summed E-state index contributed by atoms with van der Waals surface area (Å²) >= 11 is 0. The van der Waals surface area contributed by atoms with Gasteiger partial charge in [-0.2, -0.15) is 0 Å². The van der Waals surface area contributed by atoms with Gasteiger partial charge in [0.1, 0.15) is 11.4 Å². The fourth-order valence-corrected chi connectivity index (χ4v) is 2.88. The maximum absolute atomic E-state index is 12.2. The van der Waals surface area contributed by atoms with Gasteiger partial charge < -0.3 is 14.7 Å². The first kappa shape index (κ1) is 16.1. The molecule has 4 aromatic rings. The van der Waals surface area contributed by atoms with Crippen LogP contribution < -0.4 is 10.7 Å². The molecule has 0 radical (unpaired) electrons. The third-order valence-corrected chi connectivity index (χ3v) is 4.17. The van der Waals surface area contributed by atoms with Crippen LogP contribution in [-0.4, -0.2) is 22.4 Å². The van der Waals surface area contributed by atoms with Crippen molar-refractivity contribution >= 4 is 27.9 Å². The number of hydrogen-bond donors (Lipinski definition) is 2. The Hall–Kier alpha value is -3.41. The van der Waals surface area contributed by atoms with Crippen LogP contribution >= 0.6 is 0 Å². The van der Waals surface area contributed by atoms with Crippen LogP contribution in [0.1, 0.15) is 22.8 Å². The molecule has 6 nitrogen and oxygen atoms in total. The zero-order chi connectivity index (χ0) is 17.9. The average Bonchev–Trinajstić information content (AvgIpc) is 3.08. The number of benzene rings is 2. The SMILES string of the molecule is O=C(NCCCc1nc2ccccc2[nH]1)c1cc(=O)c2ccccc2o1. The van der Waals surface area contributed by atoms with Gasteiger partial charge in [-0.05, 0) is 30.7 Å². The molecular weight excluding hydrogens is 330 g/mol. The molecule has 0 atom stereocenters. The van der Waals surface area contributed by atoms with E-state index in [9.17, 15) is 9.59 Å². The van der Waals surface area contributed by atoms with Gasteiger partial charge in [0.15, 0.2) is 11.2 Å². The van der Waals surface area contributed by atoms with E-state index in [1.807, 2.05) is 24.3 Å². The summed E-state index contributed by atoms with van der Waals surface area (Å²) in [6.45, 7) is 0.465. The van der Waals surface area contributed by atoms with Gasteiger partial charge in [0.2, 0.25) is 0 Å². The number of aromatic nitrogens is 2. The van der Waals surface area contributed by atoms with E-state index in [-0.39, 0.29) is 11.2 Å². The molecule has 0 spiro atoms. The first-order valence-electron chi connectivity index (χ1n) is 8.45. The Morgan fingerprint density at radius 1 is 1.12 bits per heavy atom. The van der Waals surface area contributed by atoms with E-state index in [2.05, 4.69) is 15.3 Å². The predicted molar refractivity (Wildman–Crippen MR) is 99.2 cm³/mol. The molecule has 0 saturated heterocycles. The van der Waals surface area contributed by atoms with Gasteiger partial charge in [-0.1, -0.05) is 24.3 Å². The zero-order valence-corrected chi connectivity index (χ0v) is 14.0. The molecule has 0 aliphatic rings. The highest BCUT2D eigenvalue weighted by atomic mass is 16.3. The first-order chi connectivity index (χ1) is 12.7. The summed E-state index contributed by atoms with van der Waals surface area (Å²) in [6.07, 6.45) is 1.44. The van der Waals surface area contributed by atoms with Crippen molar-refractivity contribution in [1.29, 1.82) is 0 Å². The largest absolute Gasteiger partial charge is 0.451 e. The van der Waals surface area contributed by atoms with E-state index in [1.54, 1.807) is 24.3 Å². The second-order valence-corrected chi connectivity index (χ2v) is 6.03. The number of rotatable bonds is 5. The van der Waals surface area contributed by atoms with E-state index in [1.165, 1.54) is 6.07 Å². The lowest BCUT2D eigenvalue weighted by molar-refractivity contribution is 0.0926. The van der Waals surface area contributed by atoms with Crippen molar-refractivity contribution in [2.75, 3.05) is 6.54 Å². The number of amides is 1. The summed E-state index contributed by atoms with van der Waals surface area (Å²) in [5.74, 6) is 0.521. The highest BCUT2D eigenvalue weighted by molar-refractivity contribution is 5.93. The molecule has 6 heteroatoms. The number of H-pyrrole nitrogens is 1. The average molecular weight is 347 g/mol.